The molecule has 0 saturated carbocycles. The summed E-state index contributed by atoms with van der Waals surface area (Å²) in [5.74, 6) is -0.898. The number of hydrogen-bond donors (Lipinski definition) is 1. The molecule has 2 rings (SSSR count). The first-order valence-electron chi connectivity index (χ1n) is 10.1. The predicted octanol–water partition coefficient (Wildman–Crippen LogP) is 3.70. The summed E-state index contributed by atoms with van der Waals surface area (Å²) in [6.45, 7) is 3.51. The van der Waals surface area contributed by atoms with Crippen LogP contribution in [0.3, 0.4) is 0 Å². The zero-order valence-electron chi connectivity index (χ0n) is 18.2. The van der Waals surface area contributed by atoms with Crippen LogP contribution in [0.15, 0.2) is 48.5 Å². The maximum Gasteiger partial charge on any atom is 0.244 e. The third-order valence-electron chi connectivity index (χ3n) is 4.82. The highest BCUT2D eigenvalue weighted by Crippen LogP contribution is 2.27. The number of halogens is 2. The van der Waals surface area contributed by atoms with Gasteiger partial charge >= 0.3 is 0 Å². The van der Waals surface area contributed by atoms with E-state index in [-0.39, 0.29) is 23.2 Å². The average molecular weight is 500 g/mol. The molecule has 0 aliphatic heterocycles. The molecule has 1 N–H and O–H groups in total. The van der Waals surface area contributed by atoms with Crippen molar-refractivity contribution in [1.29, 1.82) is 0 Å². The zero-order chi connectivity index (χ0) is 23.9. The first-order valence-corrected chi connectivity index (χ1v) is 12.7. The number of carbonyl (C=O) groups is 2. The number of nitrogens with one attached hydrogen (secondary N) is 1. The van der Waals surface area contributed by atoms with E-state index in [0.717, 1.165) is 17.0 Å². The van der Waals surface area contributed by atoms with E-state index >= 15 is 0 Å². The van der Waals surface area contributed by atoms with E-state index in [1.807, 2.05) is 6.92 Å². The molecule has 0 bridgehead atoms. The monoisotopic (exact) mass is 499 g/mol. The molecule has 174 valence electrons. The van der Waals surface area contributed by atoms with Gasteiger partial charge in [-0.2, -0.15) is 0 Å². The number of benzene rings is 2. The quantitative estimate of drug-likeness (QED) is 0.539. The van der Waals surface area contributed by atoms with Gasteiger partial charge in [-0.1, -0.05) is 60.5 Å². The minimum atomic E-state index is -3.84. The molecule has 2 amide bonds. The lowest BCUT2D eigenvalue weighted by Gasteiger charge is -2.31. The van der Waals surface area contributed by atoms with Crippen molar-refractivity contribution in [3.63, 3.8) is 0 Å². The molecule has 32 heavy (non-hydrogen) atoms. The van der Waals surface area contributed by atoms with Crippen molar-refractivity contribution in [3.8, 4) is 0 Å². The van der Waals surface area contributed by atoms with E-state index < -0.39 is 28.5 Å². The van der Waals surface area contributed by atoms with E-state index in [0.29, 0.717) is 17.1 Å². The van der Waals surface area contributed by atoms with Crippen molar-refractivity contribution >= 4 is 50.7 Å². The standard InChI is InChI=1S/C22H27Cl2N3O4S/c1-4-13-25-22(29)16(2)26(14-17-9-5-6-10-18(17)23)21(28)15-27(32(3,30)31)20-12-8-7-11-19(20)24/h5-12,16H,4,13-15H2,1-3H3,(H,25,29). The summed E-state index contributed by atoms with van der Waals surface area (Å²) < 4.78 is 25.9. The van der Waals surface area contributed by atoms with Crippen molar-refractivity contribution in [2.75, 3.05) is 23.7 Å². The van der Waals surface area contributed by atoms with Crippen molar-refractivity contribution in [3.05, 3.63) is 64.1 Å². The number of nitrogens with zero attached hydrogens (tertiary/aromatic N) is 2. The normalized spacial score (nSPS) is 12.2. The van der Waals surface area contributed by atoms with Crippen molar-refractivity contribution in [2.24, 2.45) is 0 Å². The minimum absolute atomic E-state index is 0.0410. The smallest absolute Gasteiger partial charge is 0.244 e. The van der Waals surface area contributed by atoms with E-state index in [1.165, 1.54) is 11.0 Å². The molecule has 2 aromatic rings. The Labute approximate surface area is 199 Å². The summed E-state index contributed by atoms with van der Waals surface area (Å²) in [7, 11) is -3.84. The second kappa shape index (κ2) is 11.5. The van der Waals surface area contributed by atoms with Crippen LogP contribution >= 0.6 is 23.2 Å². The summed E-state index contributed by atoms with van der Waals surface area (Å²) in [6, 6.07) is 12.5. The van der Waals surface area contributed by atoms with Crippen LogP contribution in [0, 0.1) is 0 Å². The van der Waals surface area contributed by atoms with Crippen LogP contribution in [0.25, 0.3) is 0 Å². The Bertz CT molecular complexity index is 1060. The number of rotatable bonds is 10. The van der Waals surface area contributed by atoms with Crippen LogP contribution in [0.2, 0.25) is 10.0 Å². The first-order chi connectivity index (χ1) is 15.1. The van der Waals surface area contributed by atoms with Gasteiger partial charge in [0, 0.05) is 18.1 Å². The summed E-state index contributed by atoms with van der Waals surface area (Å²) in [4.78, 5) is 27.3. The van der Waals surface area contributed by atoms with E-state index in [2.05, 4.69) is 5.32 Å². The Morgan fingerprint density at radius 1 is 1.03 bits per heavy atom. The number of sulfonamides is 1. The Hall–Kier alpha value is -2.29. The SMILES string of the molecule is CCCNC(=O)C(C)N(Cc1ccccc1Cl)C(=O)CN(c1ccccc1Cl)S(C)(=O)=O. The van der Waals surface area contributed by atoms with Crippen molar-refractivity contribution in [1.82, 2.24) is 10.2 Å². The highest BCUT2D eigenvalue weighted by atomic mass is 35.5. The highest BCUT2D eigenvalue weighted by molar-refractivity contribution is 7.92. The molecule has 7 nitrogen and oxygen atoms in total. The molecule has 1 atom stereocenters. The van der Waals surface area contributed by atoms with Crippen molar-refractivity contribution in [2.45, 2.75) is 32.9 Å². The third-order valence-corrected chi connectivity index (χ3v) is 6.63. The maximum absolute atomic E-state index is 13.4. The van der Waals surface area contributed by atoms with Crippen LogP contribution in [0.1, 0.15) is 25.8 Å². The van der Waals surface area contributed by atoms with Crippen LogP contribution in [0.4, 0.5) is 5.69 Å². The first kappa shape index (κ1) is 26.0. The second-order valence-corrected chi connectivity index (χ2v) is 10.0. The van der Waals surface area contributed by atoms with Crippen molar-refractivity contribution < 1.29 is 18.0 Å². The van der Waals surface area contributed by atoms with Gasteiger partial charge in [-0.05, 0) is 37.1 Å². The van der Waals surface area contributed by atoms with Gasteiger partial charge in [-0.15, -0.1) is 0 Å². The van der Waals surface area contributed by atoms with Gasteiger partial charge in [0.15, 0.2) is 0 Å². The van der Waals surface area contributed by atoms with Crippen LogP contribution in [-0.4, -0.2) is 50.5 Å². The molecule has 0 saturated heterocycles. The summed E-state index contributed by atoms with van der Waals surface area (Å²) in [6.07, 6.45) is 1.74. The van der Waals surface area contributed by atoms with E-state index in [1.54, 1.807) is 49.4 Å². The molecule has 0 spiro atoms. The Morgan fingerprint density at radius 2 is 1.62 bits per heavy atom. The summed E-state index contributed by atoms with van der Waals surface area (Å²) in [5.41, 5.74) is 0.826. The molecule has 1 unspecified atom stereocenters. The topological polar surface area (TPSA) is 86.8 Å². The van der Waals surface area contributed by atoms with Gasteiger partial charge < -0.3 is 10.2 Å². The number of amides is 2. The van der Waals surface area contributed by atoms with Crippen LogP contribution in [0.5, 0.6) is 0 Å². The van der Waals surface area contributed by atoms with Gasteiger partial charge in [0.25, 0.3) is 0 Å². The maximum atomic E-state index is 13.4. The number of anilines is 1. The molecule has 0 fully saturated rings. The van der Waals surface area contributed by atoms with E-state index in [9.17, 15) is 18.0 Å². The molecule has 0 aromatic heterocycles. The molecule has 2 aromatic carbocycles. The lowest BCUT2D eigenvalue weighted by atomic mass is 10.1. The third kappa shape index (κ3) is 6.85. The molecule has 0 aliphatic carbocycles. The van der Waals surface area contributed by atoms with Gasteiger partial charge in [0.2, 0.25) is 21.8 Å². The second-order valence-electron chi connectivity index (χ2n) is 7.30. The largest absolute Gasteiger partial charge is 0.354 e. The van der Waals surface area contributed by atoms with Crippen LogP contribution < -0.4 is 9.62 Å². The van der Waals surface area contributed by atoms with Crippen LogP contribution in [-0.2, 0) is 26.2 Å². The number of carbonyl (C=O) groups excluding carboxylic acids is 2. The molecule has 10 heteroatoms. The van der Waals surface area contributed by atoms with E-state index in [4.69, 9.17) is 23.2 Å². The Morgan fingerprint density at radius 3 is 2.19 bits per heavy atom. The van der Waals surface area contributed by atoms with Gasteiger partial charge in [0.1, 0.15) is 12.6 Å². The average Bonchev–Trinajstić information content (AvgIpc) is 2.74. The molecular weight excluding hydrogens is 473 g/mol. The van der Waals surface area contributed by atoms with Gasteiger partial charge in [0.05, 0.1) is 17.0 Å². The fourth-order valence-electron chi connectivity index (χ4n) is 3.04. The fourth-order valence-corrected chi connectivity index (χ4v) is 4.38. The highest BCUT2D eigenvalue weighted by Gasteiger charge is 2.30. The minimum Gasteiger partial charge on any atom is -0.354 e. The molecule has 0 aliphatic rings. The molecule has 0 radical (unpaired) electrons. The Balaban J connectivity index is 2.40. The molecule has 0 heterocycles. The fraction of sp³-hybridized carbons (Fsp3) is 0.364. The predicted molar refractivity (Wildman–Crippen MR) is 128 cm³/mol. The lowest BCUT2D eigenvalue weighted by Crippen LogP contribution is -2.51. The molecular formula is C22H27Cl2N3O4S. The number of hydrogen-bond acceptors (Lipinski definition) is 4. The number of para-hydroxylation sites is 1. The lowest BCUT2D eigenvalue weighted by molar-refractivity contribution is -0.139. The van der Waals surface area contributed by atoms with Gasteiger partial charge in [-0.3, -0.25) is 13.9 Å². The summed E-state index contributed by atoms with van der Waals surface area (Å²) >= 11 is 12.5. The summed E-state index contributed by atoms with van der Waals surface area (Å²) in [5, 5.41) is 3.41. The zero-order valence-corrected chi connectivity index (χ0v) is 20.5. The Kier molecular flexibility index (Phi) is 9.36. The van der Waals surface area contributed by atoms with Gasteiger partial charge in [-0.25, -0.2) is 8.42 Å².